The molecule has 2 rings (SSSR count). The highest BCUT2D eigenvalue weighted by Crippen LogP contribution is 2.33. The molecule has 0 fully saturated rings. The number of unbranched alkanes of at least 4 members (excludes halogenated alkanes) is 1. The van der Waals surface area contributed by atoms with E-state index < -0.39 is 0 Å². The number of nitrogens with one attached hydrogen (secondary N) is 1. The first-order valence-corrected chi connectivity index (χ1v) is 6.45. The highest BCUT2D eigenvalue weighted by atomic mass is 16.5. The van der Waals surface area contributed by atoms with Gasteiger partial charge in [-0.2, -0.15) is 0 Å². The first kappa shape index (κ1) is 13.4. The van der Waals surface area contributed by atoms with Crippen molar-refractivity contribution in [2.75, 3.05) is 23.9 Å². The Bertz CT molecular complexity index is 499. The number of hydrogen-bond acceptors (Lipinski definition) is 3. The maximum Gasteiger partial charge on any atom is 0.264 e. The van der Waals surface area contributed by atoms with Crippen molar-refractivity contribution < 1.29 is 14.3 Å². The predicted molar refractivity (Wildman–Crippen MR) is 73.5 cm³/mol. The van der Waals surface area contributed by atoms with Gasteiger partial charge in [-0.1, -0.05) is 13.3 Å². The maximum absolute atomic E-state index is 11.6. The van der Waals surface area contributed by atoms with Crippen LogP contribution < -0.4 is 15.0 Å². The number of carbonyl (C=O) groups is 2. The van der Waals surface area contributed by atoms with Crippen molar-refractivity contribution in [3.8, 4) is 5.75 Å². The Morgan fingerprint density at radius 1 is 1.47 bits per heavy atom. The fourth-order valence-corrected chi connectivity index (χ4v) is 1.92. The van der Waals surface area contributed by atoms with Crippen molar-refractivity contribution in [2.45, 2.75) is 26.2 Å². The molecule has 0 bridgehead atoms. The zero-order chi connectivity index (χ0) is 13.8. The Kier molecular flexibility index (Phi) is 4.04. The van der Waals surface area contributed by atoms with Gasteiger partial charge in [-0.05, 0) is 18.6 Å². The molecule has 0 aromatic heterocycles. The van der Waals surface area contributed by atoms with Crippen LogP contribution in [0.3, 0.4) is 0 Å². The van der Waals surface area contributed by atoms with Crippen molar-refractivity contribution in [1.82, 2.24) is 0 Å². The van der Waals surface area contributed by atoms with E-state index in [4.69, 9.17) is 4.74 Å². The second-order valence-electron chi connectivity index (χ2n) is 4.58. The van der Waals surface area contributed by atoms with Crippen molar-refractivity contribution in [3.05, 3.63) is 18.2 Å². The Hall–Kier alpha value is -2.04. The normalized spacial score (nSPS) is 13.8. The van der Waals surface area contributed by atoms with Crippen LogP contribution in [-0.2, 0) is 9.59 Å². The topological polar surface area (TPSA) is 58.6 Å². The van der Waals surface area contributed by atoms with Crippen molar-refractivity contribution in [1.29, 1.82) is 0 Å². The van der Waals surface area contributed by atoms with E-state index in [1.165, 1.54) is 0 Å². The lowest BCUT2D eigenvalue weighted by Crippen LogP contribution is -2.35. The number of carbonyl (C=O) groups excluding carboxylic acids is 2. The second kappa shape index (κ2) is 5.73. The molecule has 0 atom stereocenters. The van der Waals surface area contributed by atoms with Gasteiger partial charge in [-0.3, -0.25) is 9.59 Å². The number of likely N-dealkylation sites (N-methyl/N-ethyl adjacent to an activating group) is 1. The van der Waals surface area contributed by atoms with Gasteiger partial charge in [0.25, 0.3) is 5.91 Å². The van der Waals surface area contributed by atoms with Crippen molar-refractivity contribution in [3.63, 3.8) is 0 Å². The Morgan fingerprint density at radius 3 is 3.00 bits per heavy atom. The van der Waals surface area contributed by atoms with Crippen LogP contribution in [0.5, 0.6) is 5.75 Å². The summed E-state index contributed by atoms with van der Waals surface area (Å²) in [6.07, 6.45) is 2.39. The summed E-state index contributed by atoms with van der Waals surface area (Å²) in [6.45, 7) is 2.09. The molecule has 0 aliphatic carbocycles. The quantitative estimate of drug-likeness (QED) is 0.904. The van der Waals surface area contributed by atoms with Gasteiger partial charge >= 0.3 is 0 Å². The van der Waals surface area contributed by atoms with E-state index in [1.807, 2.05) is 6.92 Å². The third-order valence-electron chi connectivity index (χ3n) is 3.09. The Labute approximate surface area is 112 Å². The van der Waals surface area contributed by atoms with Crippen LogP contribution in [0.1, 0.15) is 26.2 Å². The number of amides is 2. The van der Waals surface area contributed by atoms with Gasteiger partial charge in [0, 0.05) is 25.2 Å². The molecule has 1 aliphatic rings. The van der Waals surface area contributed by atoms with Crippen molar-refractivity contribution in [2.24, 2.45) is 0 Å². The summed E-state index contributed by atoms with van der Waals surface area (Å²) in [7, 11) is 1.71. The molecule has 0 spiro atoms. The zero-order valence-corrected chi connectivity index (χ0v) is 11.2. The Morgan fingerprint density at radius 2 is 2.26 bits per heavy atom. The minimum absolute atomic E-state index is 0.00189. The van der Waals surface area contributed by atoms with E-state index >= 15 is 0 Å². The van der Waals surface area contributed by atoms with E-state index in [1.54, 1.807) is 30.1 Å². The highest BCUT2D eigenvalue weighted by molar-refractivity contribution is 5.98. The number of fused-ring (bicyclic) bond motifs is 1. The molecule has 1 aromatic carbocycles. The van der Waals surface area contributed by atoms with E-state index in [0.29, 0.717) is 17.9 Å². The van der Waals surface area contributed by atoms with Crippen LogP contribution >= 0.6 is 0 Å². The summed E-state index contributed by atoms with van der Waals surface area (Å²) < 4.78 is 5.37. The van der Waals surface area contributed by atoms with Crippen molar-refractivity contribution >= 4 is 23.2 Å². The first-order valence-electron chi connectivity index (χ1n) is 6.45. The van der Waals surface area contributed by atoms with Crippen LogP contribution in [0.25, 0.3) is 0 Å². The average Bonchev–Trinajstić information content (AvgIpc) is 2.41. The molecule has 0 radical (unpaired) electrons. The molecule has 2 amide bonds. The number of ether oxygens (including phenoxy) is 1. The third kappa shape index (κ3) is 3.05. The summed E-state index contributed by atoms with van der Waals surface area (Å²) in [4.78, 5) is 24.7. The minimum atomic E-state index is -0.0766. The molecule has 1 aliphatic heterocycles. The standard InChI is InChI=1S/C14H18N2O3/c1-3-4-5-13(17)15-10-6-7-11-12(8-10)19-9-14(18)16(11)2/h6-8H,3-5,9H2,1-2H3,(H,15,17). The maximum atomic E-state index is 11.6. The molecule has 0 saturated heterocycles. The van der Waals surface area contributed by atoms with E-state index in [0.717, 1.165) is 18.5 Å². The molecule has 5 heteroatoms. The van der Waals surface area contributed by atoms with Gasteiger partial charge < -0.3 is 15.0 Å². The summed E-state index contributed by atoms with van der Waals surface area (Å²) in [5.41, 5.74) is 1.42. The Balaban J connectivity index is 2.09. The fraction of sp³-hybridized carbons (Fsp3) is 0.429. The lowest BCUT2D eigenvalue weighted by atomic mass is 10.2. The number of benzene rings is 1. The number of anilines is 2. The van der Waals surface area contributed by atoms with E-state index in [2.05, 4.69) is 5.32 Å². The van der Waals surface area contributed by atoms with Gasteiger partial charge in [0.15, 0.2) is 6.61 Å². The van der Waals surface area contributed by atoms with E-state index in [-0.39, 0.29) is 18.4 Å². The van der Waals surface area contributed by atoms with Gasteiger partial charge in [-0.15, -0.1) is 0 Å². The monoisotopic (exact) mass is 262 g/mol. The van der Waals surface area contributed by atoms with Gasteiger partial charge in [0.1, 0.15) is 5.75 Å². The molecule has 0 saturated carbocycles. The molecular weight excluding hydrogens is 244 g/mol. The summed E-state index contributed by atoms with van der Waals surface area (Å²) in [5.74, 6) is 0.546. The lowest BCUT2D eigenvalue weighted by Gasteiger charge is -2.26. The predicted octanol–water partition coefficient (Wildman–Crippen LogP) is 2.17. The average molecular weight is 262 g/mol. The van der Waals surface area contributed by atoms with Crippen LogP contribution in [0, 0.1) is 0 Å². The van der Waals surface area contributed by atoms with Gasteiger partial charge in [-0.25, -0.2) is 0 Å². The van der Waals surface area contributed by atoms with Crippen LogP contribution in [0.4, 0.5) is 11.4 Å². The zero-order valence-electron chi connectivity index (χ0n) is 11.2. The molecule has 1 heterocycles. The molecule has 1 N–H and O–H groups in total. The fourth-order valence-electron chi connectivity index (χ4n) is 1.92. The summed E-state index contributed by atoms with van der Waals surface area (Å²) in [6, 6.07) is 5.31. The summed E-state index contributed by atoms with van der Waals surface area (Å²) >= 11 is 0. The van der Waals surface area contributed by atoms with Crippen LogP contribution in [-0.4, -0.2) is 25.5 Å². The second-order valence-corrected chi connectivity index (χ2v) is 4.58. The molecule has 102 valence electrons. The third-order valence-corrected chi connectivity index (χ3v) is 3.09. The summed E-state index contributed by atoms with van der Waals surface area (Å²) in [5, 5.41) is 2.83. The molecule has 0 unspecified atom stereocenters. The number of nitrogens with zero attached hydrogens (tertiary/aromatic N) is 1. The minimum Gasteiger partial charge on any atom is -0.481 e. The SMILES string of the molecule is CCCCC(=O)Nc1ccc2c(c1)OCC(=O)N2C. The van der Waals surface area contributed by atoms with Crippen LogP contribution in [0.15, 0.2) is 18.2 Å². The number of hydrogen-bond donors (Lipinski definition) is 1. The lowest BCUT2D eigenvalue weighted by molar-refractivity contribution is -0.121. The molecule has 1 aromatic rings. The smallest absolute Gasteiger partial charge is 0.264 e. The molecule has 19 heavy (non-hydrogen) atoms. The number of rotatable bonds is 4. The molecular formula is C14H18N2O3. The first-order chi connectivity index (χ1) is 9.11. The molecule has 5 nitrogen and oxygen atoms in total. The van der Waals surface area contributed by atoms with Crippen LogP contribution in [0.2, 0.25) is 0 Å². The largest absolute Gasteiger partial charge is 0.481 e. The van der Waals surface area contributed by atoms with Gasteiger partial charge in [0.05, 0.1) is 5.69 Å². The van der Waals surface area contributed by atoms with E-state index in [9.17, 15) is 9.59 Å². The van der Waals surface area contributed by atoms with Gasteiger partial charge in [0.2, 0.25) is 5.91 Å². The highest BCUT2D eigenvalue weighted by Gasteiger charge is 2.22.